The van der Waals surface area contributed by atoms with Crippen LogP contribution in [0.1, 0.15) is 28.8 Å². The number of hydrogen-bond acceptors (Lipinski definition) is 2. The Bertz CT molecular complexity index is 777. The van der Waals surface area contributed by atoms with Gasteiger partial charge in [-0.2, -0.15) is 0 Å². The molecule has 0 unspecified atom stereocenters. The van der Waals surface area contributed by atoms with Crippen LogP contribution in [0.4, 0.5) is 10.1 Å². The highest BCUT2D eigenvalue weighted by atomic mass is 35.5. The van der Waals surface area contributed by atoms with Crippen LogP contribution in [-0.4, -0.2) is 18.4 Å². The molecule has 0 saturated carbocycles. The summed E-state index contributed by atoms with van der Waals surface area (Å²) in [5, 5.41) is 3.26. The van der Waals surface area contributed by atoms with Gasteiger partial charge in [-0.1, -0.05) is 23.7 Å². The zero-order valence-electron chi connectivity index (χ0n) is 12.9. The van der Waals surface area contributed by atoms with Crippen molar-refractivity contribution in [3.05, 3.63) is 64.4 Å². The molecule has 1 aliphatic heterocycles. The summed E-state index contributed by atoms with van der Waals surface area (Å²) in [5.74, 6) is -0.631. The van der Waals surface area contributed by atoms with Crippen molar-refractivity contribution in [2.75, 3.05) is 11.4 Å². The Kier molecular flexibility index (Phi) is 4.81. The van der Waals surface area contributed by atoms with E-state index in [4.69, 9.17) is 11.6 Å². The van der Waals surface area contributed by atoms with Crippen LogP contribution in [0.15, 0.2) is 42.5 Å². The number of hydrogen-bond donors (Lipinski definition) is 1. The van der Waals surface area contributed by atoms with Crippen LogP contribution in [0.3, 0.4) is 0 Å². The molecule has 0 aliphatic carbocycles. The summed E-state index contributed by atoms with van der Waals surface area (Å²) in [6.45, 7) is 0.854. The van der Waals surface area contributed by atoms with Crippen LogP contribution < -0.4 is 10.2 Å². The van der Waals surface area contributed by atoms with Crippen LogP contribution in [0.2, 0.25) is 5.02 Å². The molecule has 2 aromatic carbocycles. The molecular weight excluding hydrogens is 331 g/mol. The molecular formula is C18H16ClFN2O2. The molecule has 6 heteroatoms. The molecule has 1 N–H and O–H groups in total. The number of nitrogens with one attached hydrogen (secondary N) is 1. The quantitative estimate of drug-likeness (QED) is 0.920. The van der Waals surface area contributed by atoms with E-state index < -0.39 is 0 Å². The number of carbonyl (C=O) groups is 2. The third-order valence-corrected chi connectivity index (χ3v) is 4.17. The Morgan fingerprint density at radius 2 is 1.96 bits per heavy atom. The zero-order chi connectivity index (χ0) is 17.1. The van der Waals surface area contributed by atoms with E-state index in [9.17, 15) is 14.0 Å². The largest absolute Gasteiger partial charge is 0.348 e. The van der Waals surface area contributed by atoms with E-state index in [0.29, 0.717) is 29.2 Å². The number of anilines is 1. The summed E-state index contributed by atoms with van der Waals surface area (Å²) in [4.78, 5) is 26.1. The van der Waals surface area contributed by atoms with Gasteiger partial charge in [0.2, 0.25) is 5.91 Å². The van der Waals surface area contributed by atoms with E-state index in [1.54, 1.807) is 35.2 Å². The molecule has 1 fully saturated rings. The maximum absolute atomic E-state index is 12.9. The third-order valence-electron chi connectivity index (χ3n) is 3.93. The smallest absolute Gasteiger partial charge is 0.253 e. The van der Waals surface area contributed by atoms with Crippen molar-refractivity contribution in [3.8, 4) is 0 Å². The first-order valence-electron chi connectivity index (χ1n) is 7.67. The molecule has 2 aromatic rings. The second kappa shape index (κ2) is 7.01. The molecule has 0 spiro atoms. The van der Waals surface area contributed by atoms with Crippen LogP contribution in [-0.2, 0) is 11.3 Å². The standard InChI is InChI=1S/C18H16ClFN2O2/c19-13-5-8-15(16(10-13)22-9-1-2-17(22)23)18(24)21-11-12-3-6-14(20)7-4-12/h3-8,10H,1-2,9,11H2,(H,21,24). The highest BCUT2D eigenvalue weighted by molar-refractivity contribution is 6.31. The highest BCUT2D eigenvalue weighted by Gasteiger charge is 2.26. The number of nitrogens with zero attached hydrogens (tertiary/aromatic N) is 1. The maximum Gasteiger partial charge on any atom is 0.253 e. The summed E-state index contributed by atoms with van der Waals surface area (Å²) >= 11 is 6.03. The van der Waals surface area contributed by atoms with Gasteiger partial charge >= 0.3 is 0 Å². The van der Waals surface area contributed by atoms with Gasteiger partial charge in [-0.3, -0.25) is 9.59 Å². The number of carbonyl (C=O) groups excluding carboxylic acids is 2. The van der Waals surface area contributed by atoms with Gasteiger partial charge < -0.3 is 10.2 Å². The van der Waals surface area contributed by atoms with E-state index >= 15 is 0 Å². The lowest BCUT2D eigenvalue weighted by Gasteiger charge is -2.19. The van der Waals surface area contributed by atoms with E-state index in [-0.39, 0.29) is 24.2 Å². The van der Waals surface area contributed by atoms with Crippen LogP contribution >= 0.6 is 11.6 Å². The number of rotatable bonds is 4. The van der Waals surface area contributed by atoms with Crippen molar-refractivity contribution >= 4 is 29.1 Å². The molecule has 24 heavy (non-hydrogen) atoms. The second-order valence-electron chi connectivity index (χ2n) is 5.62. The fraction of sp³-hybridized carbons (Fsp3) is 0.222. The van der Waals surface area contributed by atoms with Gasteiger partial charge in [0, 0.05) is 24.5 Å². The molecule has 0 bridgehead atoms. The fourth-order valence-corrected chi connectivity index (χ4v) is 2.87. The number of amides is 2. The van der Waals surface area contributed by atoms with Gasteiger partial charge in [-0.15, -0.1) is 0 Å². The van der Waals surface area contributed by atoms with Gasteiger partial charge in [0.1, 0.15) is 5.82 Å². The van der Waals surface area contributed by atoms with E-state index in [0.717, 1.165) is 12.0 Å². The molecule has 0 aromatic heterocycles. The molecule has 1 heterocycles. The van der Waals surface area contributed by atoms with E-state index in [2.05, 4.69) is 5.32 Å². The fourth-order valence-electron chi connectivity index (χ4n) is 2.70. The molecule has 0 atom stereocenters. The zero-order valence-corrected chi connectivity index (χ0v) is 13.6. The van der Waals surface area contributed by atoms with Crippen molar-refractivity contribution in [1.82, 2.24) is 5.32 Å². The SMILES string of the molecule is O=C(NCc1ccc(F)cc1)c1ccc(Cl)cc1N1CCCC1=O. The topological polar surface area (TPSA) is 49.4 Å². The van der Waals surface area contributed by atoms with E-state index in [1.807, 2.05) is 0 Å². The Balaban J connectivity index is 1.79. The average Bonchev–Trinajstić information content (AvgIpc) is 3.00. The predicted molar refractivity (Wildman–Crippen MR) is 90.6 cm³/mol. The minimum absolute atomic E-state index is 0.00940. The molecule has 1 saturated heterocycles. The van der Waals surface area contributed by atoms with Gasteiger partial charge in [0.25, 0.3) is 5.91 Å². The van der Waals surface area contributed by atoms with Crippen molar-refractivity contribution < 1.29 is 14.0 Å². The number of halogens is 2. The first-order chi connectivity index (χ1) is 11.5. The van der Waals surface area contributed by atoms with Crippen molar-refractivity contribution in [3.63, 3.8) is 0 Å². The lowest BCUT2D eigenvalue weighted by Crippen LogP contribution is -2.29. The van der Waals surface area contributed by atoms with Crippen LogP contribution in [0.5, 0.6) is 0 Å². The summed E-state index contributed by atoms with van der Waals surface area (Å²) < 4.78 is 12.9. The monoisotopic (exact) mass is 346 g/mol. The van der Waals surface area contributed by atoms with Crippen LogP contribution in [0, 0.1) is 5.82 Å². The molecule has 0 radical (unpaired) electrons. The molecule has 1 aliphatic rings. The van der Waals surface area contributed by atoms with Crippen molar-refractivity contribution in [1.29, 1.82) is 0 Å². The second-order valence-corrected chi connectivity index (χ2v) is 6.06. The van der Waals surface area contributed by atoms with E-state index in [1.165, 1.54) is 12.1 Å². The van der Waals surface area contributed by atoms with Gasteiger partial charge in [0.05, 0.1) is 11.3 Å². The Hall–Kier alpha value is -2.40. The Labute approximate surface area is 144 Å². The lowest BCUT2D eigenvalue weighted by molar-refractivity contribution is -0.117. The maximum atomic E-state index is 12.9. The normalized spacial score (nSPS) is 14.1. The van der Waals surface area contributed by atoms with Crippen molar-refractivity contribution in [2.45, 2.75) is 19.4 Å². The van der Waals surface area contributed by atoms with Crippen LogP contribution in [0.25, 0.3) is 0 Å². The predicted octanol–water partition coefficient (Wildman–Crippen LogP) is 3.54. The van der Waals surface area contributed by atoms with Gasteiger partial charge in [-0.05, 0) is 42.3 Å². The summed E-state index contributed by atoms with van der Waals surface area (Å²) in [6.07, 6.45) is 1.24. The average molecular weight is 347 g/mol. The highest BCUT2D eigenvalue weighted by Crippen LogP contribution is 2.28. The first-order valence-corrected chi connectivity index (χ1v) is 8.05. The molecule has 124 valence electrons. The summed E-state index contributed by atoms with van der Waals surface area (Å²) in [5.41, 5.74) is 1.72. The summed E-state index contributed by atoms with van der Waals surface area (Å²) in [6, 6.07) is 10.8. The minimum Gasteiger partial charge on any atom is -0.348 e. The molecule has 4 nitrogen and oxygen atoms in total. The molecule has 2 amide bonds. The van der Waals surface area contributed by atoms with Gasteiger partial charge in [0.15, 0.2) is 0 Å². The number of benzene rings is 2. The Morgan fingerprint density at radius 3 is 2.62 bits per heavy atom. The third kappa shape index (κ3) is 3.57. The summed E-state index contributed by atoms with van der Waals surface area (Å²) in [7, 11) is 0. The molecule has 3 rings (SSSR count). The van der Waals surface area contributed by atoms with Crippen molar-refractivity contribution in [2.24, 2.45) is 0 Å². The Morgan fingerprint density at radius 1 is 1.21 bits per heavy atom. The first kappa shape index (κ1) is 16.5. The lowest BCUT2D eigenvalue weighted by atomic mass is 10.1. The minimum atomic E-state index is -0.322. The van der Waals surface area contributed by atoms with Gasteiger partial charge in [-0.25, -0.2) is 4.39 Å².